The lowest BCUT2D eigenvalue weighted by molar-refractivity contribution is 1.09. The maximum atomic E-state index is 4.53. The van der Waals surface area contributed by atoms with Crippen LogP contribution in [0.3, 0.4) is 0 Å². The number of fused-ring (bicyclic) bond motifs is 1. The highest BCUT2D eigenvalue weighted by Crippen LogP contribution is 2.29. The van der Waals surface area contributed by atoms with Crippen LogP contribution in [0.15, 0.2) is 41.1 Å². The van der Waals surface area contributed by atoms with Crippen LogP contribution in [-0.2, 0) is 0 Å². The molecule has 0 aliphatic heterocycles. The van der Waals surface area contributed by atoms with Crippen LogP contribution in [0.25, 0.3) is 22.2 Å². The average molecular weight is 317 g/mol. The number of hydrogen-bond acceptors (Lipinski definition) is 3. The van der Waals surface area contributed by atoms with Gasteiger partial charge in [0.1, 0.15) is 0 Å². The summed E-state index contributed by atoms with van der Waals surface area (Å²) < 4.78 is 1.06. The fourth-order valence-electron chi connectivity index (χ4n) is 2.06. The monoisotopic (exact) mass is 316 g/mol. The molecule has 3 rings (SSSR count). The van der Waals surface area contributed by atoms with Crippen LogP contribution >= 0.6 is 15.9 Å². The van der Waals surface area contributed by atoms with Crippen molar-refractivity contribution in [1.82, 2.24) is 15.0 Å². The Balaban J connectivity index is 2.13. The second kappa shape index (κ2) is 5.01. The van der Waals surface area contributed by atoms with Gasteiger partial charge in [-0.1, -0.05) is 15.9 Å². The Bertz CT molecular complexity index is 720. The number of hydrogen-bond donors (Lipinski definition) is 2. The zero-order valence-corrected chi connectivity index (χ0v) is 12.0. The van der Waals surface area contributed by atoms with Crippen molar-refractivity contribution in [3.8, 4) is 11.3 Å². The molecule has 1 aromatic carbocycles. The molecule has 0 atom stereocenters. The molecule has 5 heteroatoms. The molecule has 0 bridgehead atoms. The molecule has 19 heavy (non-hydrogen) atoms. The van der Waals surface area contributed by atoms with Crippen molar-refractivity contribution in [2.75, 3.05) is 11.9 Å². The molecule has 0 unspecified atom stereocenters. The van der Waals surface area contributed by atoms with Gasteiger partial charge in [-0.05, 0) is 31.2 Å². The second-order valence-corrected chi connectivity index (χ2v) is 5.10. The van der Waals surface area contributed by atoms with Gasteiger partial charge in [0, 0.05) is 39.9 Å². The summed E-state index contributed by atoms with van der Waals surface area (Å²) in [4.78, 5) is 12.0. The van der Waals surface area contributed by atoms with E-state index < -0.39 is 0 Å². The van der Waals surface area contributed by atoms with Crippen LogP contribution < -0.4 is 5.32 Å². The van der Waals surface area contributed by atoms with Crippen molar-refractivity contribution >= 4 is 32.8 Å². The summed E-state index contributed by atoms with van der Waals surface area (Å²) in [5.41, 5.74) is 3.09. The van der Waals surface area contributed by atoms with Crippen molar-refractivity contribution in [3.63, 3.8) is 0 Å². The molecular weight excluding hydrogens is 304 g/mol. The lowest BCUT2D eigenvalue weighted by Crippen LogP contribution is -2.01. The number of aromatic nitrogens is 3. The maximum Gasteiger partial charge on any atom is 0.223 e. The summed E-state index contributed by atoms with van der Waals surface area (Å²) >= 11 is 3.50. The standard InChI is InChI=1S/C14H13BrN4/c1-2-16-14-17-6-5-13(19-14)11-8-18-12-4-3-9(15)7-10(11)12/h3-8,18H,2H2,1H3,(H,16,17,19). The van der Waals surface area contributed by atoms with Gasteiger partial charge in [-0.15, -0.1) is 0 Å². The lowest BCUT2D eigenvalue weighted by atomic mass is 10.1. The van der Waals surface area contributed by atoms with Gasteiger partial charge < -0.3 is 10.3 Å². The van der Waals surface area contributed by atoms with E-state index in [9.17, 15) is 0 Å². The van der Waals surface area contributed by atoms with Gasteiger partial charge in [0.25, 0.3) is 0 Å². The van der Waals surface area contributed by atoms with Crippen LogP contribution in [0.5, 0.6) is 0 Å². The highest BCUT2D eigenvalue weighted by Gasteiger charge is 2.08. The summed E-state index contributed by atoms with van der Waals surface area (Å²) in [6.45, 7) is 2.84. The topological polar surface area (TPSA) is 53.6 Å². The lowest BCUT2D eigenvalue weighted by Gasteiger charge is -2.03. The first kappa shape index (κ1) is 12.2. The third kappa shape index (κ3) is 2.33. The summed E-state index contributed by atoms with van der Waals surface area (Å²) in [6.07, 6.45) is 3.76. The van der Waals surface area contributed by atoms with Crippen LogP contribution in [0, 0.1) is 0 Å². The van der Waals surface area contributed by atoms with Gasteiger partial charge in [0.2, 0.25) is 5.95 Å². The van der Waals surface area contributed by atoms with Crippen LogP contribution in [0.1, 0.15) is 6.92 Å². The minimum atomic E-state index is 0.657. The van der Waals surface area contributed by atoms with E-state index in [4.69, 9.17) is 0 Å². The minimum Gasteiger partial charge on any atom is -0.360 e. The molecule has 96 valence electrons. The van der Waals surface area contributed by atoms with E-state index in [1.54, 1.807) is 6.20 Å². The molecule has 0 amide bonds. The van der Waals surface area contributed by atoms with Gasteiger partial charge in [-0.2, -0.15) is 0 Å². The van der Waals surface area contributed by atoms with E-state index >= 15 is 0 Å². The normalized spacial score (nSPS) is 10.8. The van der Waals surface area contributed by atoms with Crippen molar-refractivity contribution < 1.29 is 0 Å². The van der Waals surface area contributed by atoms with E-state index in [1.165, 1.54) is 0 Å². The minimum absolute atomic E-state index is 0.657. The number of halogens is 1. The Labute approximate surface area is 119 Å². The number of H-pyrrole nitrogens is 1. The number of aromatic amines is 1. The Morgan fingerprint density at radius 3 is 3.05 bits per heavy atom. The number of rotatable bonds is 3. The summed E-state index contributed by atoms with van der Waals surface area (Å²) in [7, 11) is 0. The molecule has 0 radical (unpaired) electrons. The third-order valence-electron chi connectivity index (χ3n) is 2.91. The molecular formula is C14H13BrN4. The van der Waals surface area contributed by atoms with Crippen LogP contribution in [0.2, 0.25) is 0 Å². The summed E-state index contributed by atoms with van der Waals surface area (Å²) in [6, 6.07) is 8.09. The fourth-order valence-corrected chi connectivity index (χ4v) is 2.42. The quantitative estimate of drug-likeness (QED) is 0.772. The molecule has 0 aliphatic rings. The molecule has 2 aromatic heterocycles. The highest BCUT2D eigenvalue weighted by molar-refractivity contribution is 9.10. The number of nitrogens with zero attached hydrogens (tertiary/aromatic N) is 2. The molecule has 0 spiro atoms. The van der Waals surface area contributed by atoms with Crippen molar-refractivity contribution in [3.05, 3.63) is 41.1 Å². The van der Waals surface area contributed by atoms with Gasteiger partial charge >= 0.3 is 0 Å². The Morgan fingerprint density at radius 1 is 1.32 bits per heavy atom. The van der Waals surface area contributed by atoms with Crippen molar-refractivity contribution in [2.24, 2.45) is 0 Å². The highest BCUT2D eigenvalue weighted by atomic mass is 79.9. The molecule has 4 nitrogen and oxygen atoms in total. The maximum absolute atomic E-state index is 4.53. The fraction of sp³-hybridized carbons (Fsp3) is 0.143. The zero-order valence-electron chi connectivity index (χ0n) is 10.4. The third-order valence-corrected chi connectivity index (χ3v) is 3.40. The van der Waals surface area contributed by atoms with Gasteiger partial charge in [-0.25, -0.2) is 9.97 Å². The summed E-state index contributed by atoms with van der Waals surface area (Å²) in [5.74, 6) is 0.657. The molecule has 2 N–H and O–H groups in total. The van der Waals surface area contributed by atoms with E-state index in [2.05, 4.69) is 48.3 Å². The largest absolute Gasteiger partial charge is 0.360 e. The molecule has 3 aromatic rings. The smallest absolute Gasteiger partial charge is 0.223 e. The Kier molecular flexibility index (Phi) is 3.21. The van der Waals surface area contributed by atoms with E-state index in [0.717, 1.165) is 33.2 Å². The first-order valence-electron chi connectivity index (χ1n) is 6.12. The Hall–Kier alpha value is -1.88. The van der Waals surface area contributed by atoms with E-state index in [0.29, 0.717) is 5.95 Å². The van der Waals surface area contributed by atoms with E-state index in [1.807, 2.05) is 25.3 Å². The van der Waals surface area contributed by atoms with Crippen molar-refractivity contribution in [1.29, 1.82) is 0 Å². The second-order valence-electron chi connectivity index (χ2n) is 4.19. The first-order valence-corrected chi connectivity index (χ1v) is 6.91. The average Bonchev–Trinajstić information content (AvgIpc) is 2.82. The SMILES string of the molecule is CCNc1nccc(-c2c[nH]c3ccc(Br)cc23)n1. The Morgan fingerprint density at radius 2 is 2.21 bits per heavy atom. The van der Waals surface area contributed by atoms with E-state index in [-0.39, 0.29) is 0 Å². The molecule has 2 heterocycles. The molecule has 0 aliphatic carbocycles. The van der Waals surface area contributed by atoms with Crippen LogP contribution in [-0.4, -0.2) is 21.5 Å². The van der Waals surface area contributed by atoms with Gasteiger partial charge in [-0.3, -0.25) is 0 Å². The van der Waals surface area contributed by atoms with Gasteiger partial charge in [0.15, 0.2) is 0 Å². The molecule has 0 fully saturated rings. The first-order chi connectivity index (χ1) is 9.28. The summed E-state index contributed by atoms with van der Waals surface area (Å²) in [5, 5.41) is 4.28. The molecule has 0 saturated heterocycles. The predicted octanol–water partition coefficient (Wildman–Crippen LogP) is 3.82. The number of anilines is 1. The predicted molar refractivity (Wildman–Crippen MR) is 81.2 cm³/mol. The van der Waals surface area contributed by atoms with Crippen LogP contribution in [0.4, 0.5) is 5.95 Å². The number of nitrogens with one attached hydrogen (secondary N) is 2. The number of benzene rings is 1. The van der Waals surface area contributed by atoms with Crippen molar-refractivity contribution in [2.45, 2.75) is 6.92 Å². The van der Waals surface area contributed by atoms with Gasteiger partial charge in [0.05, 0.1) is 5.69 Å². The molecule has 0 saturated carbocycles. The zero-order chi connectivity index (χ0) is 13.2.